The number of anilines is 2. The zero-order chi connectivity index (χ0) is 26.5. The maximum Gasteiger partial charge on any atom is 0.251 e. The van der Waals surface area contributed by atoms with E-state index in [0.717, 1.165) is 22.7 Å². The number of rotatable bonds is 12. The number of hydrogen-bond acceptors (Lipinski definition) is 5. The fraction of sp³-hybridized carbons (Fsp3) is 0.375. The monoisotopic (exact) mass is 525 g/mol. The molecule has 2 fully saturated rings. The largest absolute Gasteiger partial charge is 0.395 e. The Morgan fingerprint density at radius 3 is 2.16 bits per heavy atom. The van der Waals surface area contributed by atoms with Crippen LogP contribution in [0.3, 0.4) is 0 Å². The minimum atomic E-state index is -0.371. The summed E-state index contributed by atoms with van der Waals surface area (Å²) >= 11 is 1.76. The van der Waals surface area contributed by atoms with Crippen LogP contribution in [0.2, 0.25) is 0 Å². The highest BCUT2D eigenvalue weighted by Gasteiger charge is 2.29. The molecule has 1 atom stereocenters. The smallest absolute Gasteiger partial charge is 0.251 e. The van der Waals surface area contributed by atoms with Gasteiger partial charge in [0.05, 0.1) is 25.1 Å². The van der Waals surface area contributed by atoms with Gasteiger partial charge in [-0.05, 0) is 108 Å². The zero-order valence-corrected chi connectivity index (χ0v) is 22.7. The number of thioether (sulfide) groups is 1. The average molecular weight is 526 g/mol. The molecule has 5 rings (SSSR count). The summed E-state index contributed by atoms with van der Waals surface area (Å²) in [6.07, 6.45) is 5.23. The Bertz CT molecular complexity index is 1260. The highest BCUT2D eigenvalue weighted by molar-refractivity contribution is 7.99. The molecule has 196 valence electrons. The summed E-state index contributed by atoms with van der Waals surface area (Å²) in [5.74, 6) is 2.12. The van der Waals surface area contributed by atoms with Crippen molar-refractivity contribution in [3.8, 4) is 6.07 Å². The summed E-state index contributed by atoms with van der Waals surface area (Å²) in [4.78, 5) is 16.4. The number of aliphatic hydroxyl groups is 1. The molecule has 0 bridgehead atoms. The first-order valence-corrected chi connectivity index (χ1v) is 14.6. The van der Waals surface area contributed by atoms with Crippen molar-refractivity contribution >= 4 is 29.0 Å². The van der Waals surface area contributed by atoms with E-state index >= 15 is 0 Å². The van der Waals surface area contributed by atoms with Crippen molar-refractivity contribution in [2.75, 3.05) is 23.8 Å². The first-order valence-electron chi connectivity index (χ1n) is 13.6. The van der Waals surface area contributed by atoms with E-state index in [4.69, 9.17) is 0 Å². The summed E-state index contributed by atoms with van der Waals surface area (Å²) in [5, 5.41) is 22.3. The van der Waals surface area contributed by atoms with Gasteiger partial charge in [-0.15, -0.1) is 11.8 Å². The van der Waals surface area contributed by atoms with E-state index in [-0.39, 0.29) is 25.0 Å². The average Bonchev–Trinajstić information content (AvgIpc) is 3.85. The number of aliphatic hydroxyl groups excluding tert-OH is 1. The minimum absolute atomic E-state index is 0.0417. The molecule has 0 aliphatic heterocycles. The third-order valence-electron chi connectivity index (χ3n) is 7.33. The van der Waals surface area contributed by atoms with E-state index in [1.165, 1.54) is 41.7 Å². The van der Waals surface area contributed by atoms with Crippen LogP contribution < -0.4 is 10.2 Å². The second kappa shape index (κ2) is 12.1. The maximum absolute atomic E-state index is 13.1. The fourth-order valence-corrected chi connectivity index (χ4v) is 5.63. The van der Waals surface area contributed by atoms with E-state index in [2.05, 4.69) is 41.4 Å². The van der Waals surface area contributed by atoms with Gasteiger partial charge in [-0.1, -0.05) is 25.1 Å². The van der Waals surface area contributed by atoms with Crippen LogP contribution >= 0.6 is 11.8 Å². The fourth-order valence-electron chi connectivity index (χ4n) is 4.97. The van der Waals surface area contributed by atoms with Gasteiger partial charge >= 0.3 is 0 Å². The topological polar surface area (TPSA) is 76.4 Å². The molecule has 38 heavy (non-hydrogen) atoms. The number of hydrogen-bond donors (Lipinski definition) is 2. The Balaban J connectivity index is 1.33. The molecule has 2 aliphatic rings. The van der Waals surface area contributed by atoms with Crippen molar-refractivity contribution in [1.82, 2.24) is 5.32 Å². The van der Waals surface area contributed by atoms with E-state index in [0.29, 0.717) is 23.9 Å². The van der Waals surface area contributed by atoms with Gasteiger partial charge < -0.3 is 15.3 Å². The third-order valence-corrected chi connectivity index (χ3v) is 8.22. The number of benzene rings is 3. The van der Waals surface area contributed by atoms with Gasteiger partial charge in [0.15, 0.2) is 0 Å². The Morgan fingerprint density at radius 2 is 1.63 bits per heavy atom. The number of carbonyl (C=O) groups excluding carboxylic acids is 1. The zero-order valence-electron chi connectivity index (χ0n) is 21.9. The van der Waals surface area contributed by atoms with Crippen molar-refractivity contribution in [3.05, 3.63) is 89.0 Å². The second-order valence-electron chi connectivity index (χ2n) is 10.2. The van der Waals surface area contributed by atoms with Crippen LogP contribution in [0.25, 0.3) is 0 Å². The predicted octanol–water partition coefficient (Wildman–Crippen LogP) is 7.07. The van der Waals surface area contributed by atoms with E-state index in [1.54, 1.807) is 11.8 Å². The normalized spacial score (nSPS) is 15.5. The van der Waals surface area contributed by atoms with Crippen LogP contribution in [0.5, 0.6) is 0 Å². The number of nitrogens with zero attached hydrogens (tertiary/aromatic N) is 2. The standard InChI is InChI=1S/C32H35N3O2S/c1-2-38-30-13-9-24(10-14-30)31(15-16-33)34-32(37)25-7-11-28(12-8-25)35(17-18-36)29-20-26(22-3-4-22)19-27(21-29)23-5-6-23/h7-14,19-23,31,36H,2-6,15,17-18H2,1H3,(H,34,37)/t31-/m0/s1. The lowest BCUT2D eigenvalue weighted by Crippen LogP contribution is -2.28. The SMILES string of the molecule is CCSc1ccc([C@H](CC#N)NC(=O)c2ccc(N(CCO)c3cc(C4CC4)cc(C4CC4)c3)cc2)cc1. The quantitative estimate of drug-likeness (QED) is 0.247. The third kappa shape index (κ3) is 6.40. The van der Waals surface area contributed by atoms with Crippen LogP contribution in [0.4, 0.5) is 11.4 Å². The number of nitriles is 1. The van der Waals surface area contributed by atoms with Crippen LogP contribution in [0, 0.1) is 11.3 Å². The molecule has 0 radical (unpaired) electrons. The molecule has 0 unspecified atom stereocenters. The Hall–Kier alpha value is -3.27. The molecule has 0 spiro atoms. The molecular weight excluding hydrogens is 490 g/mol. The van der Waals surface area contributed by atoms with Gasteiger partial charge in [0.2, 0.25) is 0 Å². The molecule has 3 aromatic rings. The van der Waals surface area contributed by atoms with Crippen LogP contribution in [0.15, 0.2) is 71.6 Å². The first-order chi connectivity index (χ1) is 18.6. The Kier molecular flexibility index (Phi) is 8.36. The van der Waals surface area contributed by atoms with Gasteiger partial charge in [-0.3, -0.25) is 4.79 Å². The maximum atomic E-state index is 13.1. The summed E-state index contributed by atoms with van der Waals surface area (Å²) in [7, 11) is 0. The van der Waals surface area contributed by atoms with Gasteiger partial charge in [0.1, 0.15) is 0 Å². The minimum Gasteiger partial charge on any atom is -0.395 e. The lowest BCUT2D eigenvalue weighted by Gasteiger charge is -2.26. The van der Waals surface area contributed by atoms with Crippen LogP contribution in [-0.4, -0.2) is 29.9 Å². The molecular formula is C32H35N3O2S. The number of carbonyl (C=O) groups is 1. The molecule has 2 aliphatic carbocycles. The van der Waals surface area contributed by atoms with Crippen molar-refractivity contribution in [2.24, 2.45) is 0 Å². The second-order valence-corrected chi connectivity index (χ2v) is 11.6. The molecule has 2 saturated carbocycles. The van der Waals surface area contributed by atoms with Gasteiger partial charge in [0, 0.05) is 28.4 Å². The lowest BCUT2D eigenvalue weighted by atomic mass is 10.0. The van der Waals surface area contributed by atoms with E-state index in [9.17, 15) is 15.2 Å². The Morgan fingerprint density at radius 1 is 1.00 bits per heavy atom. The molecule has 3 aromatic carbocycles. The molecule has 0 saturated heterocycles. The number of nitrogens with one attached hydrogen (secondary N) is 1. The van der Waals surface area contributed by atoms with E-state index in [1.807, 2.05) is 48.5 Å². The first kappa shape index (κ1) is 26.3. The molecule has 1 amide bonds. The molecule has 2 N–H and O–H groups in total. The summed E-state index contributed by atoms with van der Waals surface area (Å²) in [6.45, 7) is 2.64. The molecule has 0 aromatic heterocycles. The summed E-state index contributed by atoms with van der Waals surface area (Å²) < 4.78 is 0. The molecule has 0 heterocycles. The predicted molar refractivity (Wildman–Crippen MR) is 154 cm³/mol. The van der Waals surface area contributed by atoms with Crippen LogP contribution in [-0.2, 0) is 0 Å². The van der Waals surface area contributed by atoms with Gasteiger partial charge in [-0.2, -0.15) is 5.26 Å². The van der Waals surface area contributed by atoms with Crippen molar-refractivity contribution in [2.45, 2.75) is 61.8 Å². The van der Waals surface area contributed by atoms with Crippen molar-refractivity contribution < 1.29 is 9.90 Å². The van der Waals surface area contributed by atoms with Gasteiger partial charge in [0.25, 0.3) is 5.91 Å². The highest BCUT2D eigenvalue weighted by Crippen LogP contribution is 2.47. The van der Waals surface area contributed by atoms with Crippen LogP contribution in [0.1, 0.15) is 84.0 Å². The Labute approximate surface area is 229 Å². The molecule has 6 heteroatoms. The summed E-state index contributed by atoms with van der Waals surface area (Å²) in [6, 6.07) is 24.4. The number of amides is 1. The molecule has 5 nitrogen and oxygen atoms in total. The van der Waals surface area contributed by atoms with Crippen molar-refractivity contribution in [1.29, 1.82) is 5.26 Å². The van der Waals surface area contributed by atoms with Crippen molar-refractivity contribution in [3.63, 3.8) is 0 Å². The summed E-state index contributed by atoms with van der Waals surface area (Å²) in [5.41, 5.74) is 6.35. The van der Waals surface area contributed by atoms with E-state index < -0.39 is 0 Å². The lowest BCUT2D eigenvalue weighted by molar-refractivity contribution is 0.0937. The highest BCUT2D eigenvalue weighted by atomic mass is 32.2. The van der Waals surface area contributed by atoms with Gasteiger partial charge in [-0.25, -0.2) is 0 Å².